The minimum Gasteiger partial charge on any atom is -0.494 e. The van der Waals surface area contributed by atoms with Crippen LogP contribution >= 0.6 is 0 Å². The van der Waals surface area contributed by atoms with Crippen LogP contribution in [0.15, 0.2) is 24.3 Å². The summed E-state index contributed by atoms with van der Waals surface area (Å²) in [5, 5.41) is 3.79. The van der Waals surface area contributed by atoms with Crippen molar-refractivity contribution in [2.24, 2.45) is 5.92 Å². The van der Waals surface area contributed by atoms with Gasteiger partial charge in [-0.1, -0.05) is 83.8 Å². The summed E-state index contributed by atoms with van der Waals surface area (Å²) in [5.74, 6) is 1.91. The second kappa shape index (κ2) is 14.0. The number of unbranched alkanes of at least 4 members (excludes halogenated alkanes) is 8. The maximum absolute atomic E-state index is 5.90. The van der Waals surface area contributed by atoms with Gasteiger partial charge in [0.2, 0.25) is 0 Å². The molecule has 1 heterocycles. The number of piperidine rings is 1. The molecular formula is C25H43NO. The Morgan fingerprint density at radius 2 is 1.48 bits per heavy atom. The van der Waals surface area contributed by atoms with E-state index in [4.69, 9.17) is 4.74 Å². The van der Waals surface area contributed by atoms with Gasteiger partial charge in [0.15, 0.2) is 0 Å². The molecule has 2 heteroatoms. The number of nitrogens with one attached hydrogen (secondary N) is 1. The highest BCUT2D eigenvalue weighted by atomic mass is 16.5. The Balaban J connectivity index is 1.60. The molecule has 27 heavy (non-hydrogen) atoms. The summed E-state index contributed by atoms with van der Waals surface area (Å²) in [5.41, 5.74) is 1.42. The van der Waals surface area contributed by atoms with Gasteiger partial charge in [-0.25, -0.2) is 0 Å². The third-order valence-electron chi connectivity index (χ3n) is 6.03. The van der Waals surface area contributed by atoms with E-state index in [1.165, 1.54) is 95.6 Å². The standard InChI is InChI=1S/C25H43NO/c1-3-5-7-9-11-13-22-14-19-25(26-21-22)23-15-17-24(18-16-23)27-20-12-10-8-6-4-2/h15-18,22,25-26H,3-14,19-21H2,1-2H3. The van der Waals surface area contributed by atoms with Gasteiger partial charge in [-0.05, 0) is 55.8 Å². The molecule has 1 aliphatic heterocycles. The van der Waals surface area contributed by atoms with Crippen LogP contribution in [0.5, 0.6) is 5.75 Å². The first kappa shape index (κ1) is 22.3. The molecule has 2 atom stereocenters. The van der Waals surface area contributed by atoms with Crippen LogP contribution in [-0.2, 0) is 0 Å². The van der Waals surface area contributed by atoms with E-state index in [-0.39, 0.29) is 0 Å². The average molecular weight is 374 g/mol. The number of hydrogen-bond donors (Lipinski definition) is 1. The molecule has 0 radical (unpaired) electrons. The van der Waals surface area contributed by atoms with Crippen LogP contribution in [0, 0.1) is 5.92 Å². The minimum atomic E-state index is 0.532. The molecule has 0 spiro atoms. The van der Waals surface area contributed by atoms with Gasteiger partial charge < -0.3 is 10.1 Å². The van der Waals surface area contributed by atoms with E-state index in [1.807, 2.05) is 0 Å². The fraction of sp³-hybridized carbons (Fsp3) is 0.760. The average Bonchev–Trinajstić information content (AvgIpc) is 2.71. The highest BCUT2D eigenvalue weighted by Crippen LogP contribution is 2.29. The third kappa shape index (κ3) is 9.14. The number of benzene rings is 1. The Morgan fingerprint density at radius 1 is 0.815 bits per heavy atom. The molecule has 2 rings (SSSR count). The topological polar surface area (TPSA) is 21.3 Å². The van der Waals surface area contributed by atoms with Crippen molar-refractivity contribution in [2.75, 3.05) is 13.2 Å². The highest BCUT2D eigenvalue weighted by molar-refractivity contribution is 5.29. The maximum Gasteiger partial charge on any atom is 0.119 e. The van der Waals surface area contributed by atoms with E-state index in [0.29, 0.717) is 6.04 Å². The van der Waals surface area contributed by atoms with E-state index in [2.05, 4.69) is 43.4 Å². The van der Waals surface area contributed by atoms with Crippen LogP contribution in [-0.4, -0.2) is 13.2 Å². The maximum atomic E-state index is 5.90. The van der Waals surface area contributed by atoms with Crippen LogP contribution in [0.25, 0.3) is 0 Å². The van der Waals surface area contributed by atoms with Gasteiger partial charge >= 0.3 is 0 Å². The Morgan fingerprint density at radius 3 is 2.11 bits per heavy atom. The molecule has 1 aromatic carbocycles. The second-order valence-electron chi connectivity index (χ2n) is 8.44. The molecule has 1 aliphatic rings. The molecule has 1 fully saturated rings. The normalized spacial score (nSPS) is 19.9. The van der Waals surface area contributed by atoms with Crippen LogP contribution in [0.1, 0.15) is 109 Å². The number of hydrogen-bond acceptors (Lipinski definition) is 2. The first-order valence-electron chi connectivity index (χ1n) is 11.8. The zero-order valence-corrected chi connectivity index (χ0v) is 18.0. The molecule has 154 valence electrons. The Kier molecular flexibility index (Phi) is 11.6. The predicted molar refractivity (Wildman–Crippen MR) is 118 cm³/mol. The van der Waals surface area contributed by atoms with Gasteiger partial charge in [-0.15, -0.1) is 0 Å². The van der Waals surface area contributed by atoms with Crippen LogP contribution in [0.3, 0.4) is 0 Å². The smallest absolute Gasteiger partial charge is 0.119 e. The lowest BCUT2D eigenvalue weighted by Crippen LogP contribution is -2.33. The summed E-state index contributed by atoms with van der Waals surface area (Å²) in [4.78, 5) is 0. The molecule has 2 nitrogen and oxygen atoms in total. The molecule has 0 aliphatic carbocycles. The molecule has 1 N–H and O–H groups in total. The Hall–Kier alpha value is -1.02. The molecule has 0 amide bonds. The van der Waals surface area contributed by atoms with Crippen molar-refractivity contribution in [1.29, 1.82) is 0 Å². The van der Waals surface area contributed by atoms with Crippen molar-refractivity contribution in [3.63, 3.8) is 0 Å². The van der Waals surface area contributed by atoms with Crippen molar-refractivity contribution in [3.05, 3.63) is 29.8 Å². The summed E-state index contributed by atoms with van der Waals surface area (Å²) in [7, 11) is 0. The zero-order valence-electron chi connectivity index (χ0n) is 18.0. The number of ether oxygens (including phenoxy) is 1. The largest absolute Gasteiger partial charge is 0.494 e. The van der Waals surface area contributed by atoms with Crippen molar-refractivity contribution in [1.82, 2.24) is 5.32 Å². The molecule has 1 aromatic rings. The highest BCUT2D eigenvalue weighted by Gasteiger charge is 2.21. The molecular weight excluding hydrogens is 330 g/mol. The second-order valence-corrected chi connectivity index (χ2v) is 8.44. The van der Waals surface area contributed by atoms with E-state index in [0.717, 1.165) is 18.3 Å². The SMILES string of the molecule is CCCCCCCOc1ccc(C2CCC(CCCCCCC)CN2)cc1. The molecule has 0 aromatic heterocycles. The van der Waals surface area contributed by atoms with E-state index < -0.39 is 0 Å². The molecule has 0 saturated carbocycles. The van der Waals surface area contributed by atoms with Gasteiger partial charge in [-0.3, -0.25) is 0 Å². The summed E-state index contributed by atoms with van der Waals surface area (Å²) < 4.78 is 5.90. The quantitative estimate of drug-likeness (QED) is 0.342. The van der Waals surface area contributed by atoms with Crippen molar-refractivity contribution >= 4 is 0 Å². The number of rotatable bonds is 14. The van der Waals surface area contributed by atoms with Crippen LogP contribution in [0.4, 0.5) is 0 Å². The fourth-order valence-electron chi connectivity index (χ4n) is 4.17. The van der Waals surface area contributed by atoms with Gasteiger partial charge in [0.25, 0.3) is 0 Å². The van der Waals surface area contributed by atoms with Gasteiger partial charge in [0.05, 0.1) is 6.61 Å². The first-order valence-corrected chi connectivity index (χ1v) is 11.8. The summed E-state index contributed by atoms with van der Waals surface area (Å²) >= 11 is 0. The van der Waals surface area contributed by atoms with Gasteiger partial charge in [-0.2, -0.15) is 0 Å². The first-order chi connectivity index (χ1) is 13.3. The molecule has 0 bridgehead atoms. The van der Waals surface area contributed by atoms with E-state index in [9.17, 15) is 0 Å². The Labute approximate surface area is 168 Å². The summed E-state index contributed by atoms with van der Waals surface area (Å²) in [6.45, 7) is 6.59. The lowest BCUT2D eigenvalue weighted by atomic mass is 9.88. The lowest BCUT2D eigenvalue weighted by molar-refractivity contribution is 0.292. The van der Waals surface area contributed by atoms with Crippen LogP contribution < -0.4 is 10.1 Å². The van der Waals surface area contributed by atoms with Crippen LogP contribution in [0.2, 0.25) is 0 Å². The summed E-state index contributed by atoms with van der Waals surface area (Å²) in [6.07, 6.45) is 17.5. The zero-order chi connectivity index (χ0) is 19.2. The third-order valence-corrected chi connectivity index (χ3v) is 6.03. The minimum absolute atomic E-state index is 0.532. The summed E-state index contributed by atoms with van der Waals surface area (Å²) in [6, 6.07) is 9.36. The Bertz CT molecular complexity index is 462. The lowest BCUT2D eigenvalue weighted by Gasteiger charge is -2.30. The molecule has 2 unspecified atom stereocenters. The van der Waals surface area contributed by atoms with E-state index in [1.54, 1.807) is 0 Å². The predicted octanol–water partition coefficient (Wildman–Crippen LogP) is 7.44. The van der Waals surface area contributed by atoms with E-state index >= 15 is 0 Å². The van der Waals surface area contributed by atoms with Crippen molar-refractivity contribution < 1.29 is 4.74 Å². The fourth-order valence-corrected chi connectivity index (χ4v) is 4.17. The van der Waals surface area contributed by atoms with Gasteiger partial charge in [0.1, 0.15) is 5.75 Å². The molecule has 1 saturated heterocycles. The van der Waals surface area contributed by atoms with Crippen molar-refractivity contribution in [3.8, 4) is 5.75 Å². The monoisotopic (exact) mass is 373 g/mol. The van der Waals surface area contributed by atoms with Crippen molar-refractivity contribution in [2.45, 2.75) is 103 Å². The van der Waals surface area contributed by atoms with Gasteiger partial charge in [0, 0.05) is 6.04 Å².